The zero-order valence-corrected chi connectivity index (χ0v) is 9.06. The monoisotopic (exact) mass is 213 g/mol. The third kappa shape index (κ3) is 3.07. The van der Waals surface area contributed by atoms with Gasteiger partial charge in [0.15, 0.2) is 0 Å². The van der Waals surface area contributed by atoms with Crippen LogP contribution < -0.4 is 11.1 Å². The van der Waals surface area contributed by atoms with E-state index in [2.05, 4.69) is 22.4 Å². The lowest BCUT2D eigenvalue weighted by atomic mass is 10.2. The summed E-state index contributed by atoms with van der Waals surface area (Å²) in [5, 5.41) is 3.33. The molecule has 2 rings (SSSR count). The van der Waals surface area contributed by atoms with Crippen LogP contribution in [0.2, 0.25) is 0 Å². The molecule has 1 heterocycles. The lowest BCUT2D eigenvalue weighted by Gasteiger charge is -2.04. The summed E-state index contributed by atoms with van der Waals surface area (Å²) in [5.74, 6) is 0.569. The van der Waals surface area contributed by atoms with E-state index in [-0.39, 0.29) is 0 Å². The summed E-state index contributed by atoms with van der Waals surface area (Å²) in [6.45, 7) is 1.58. The van der Waals surface area contributed by atoms with Gasteiger partial charge in [0, 0.05) is 13.1 Å². The summed E-state index contributed by atoms with van der Waals surface area (Å²) in [6.07, 6.45) is 0. The fourth-order valence-electron chi connectivity index (χ4n) is 1.53. The number of anilines is 1. The predicted molar refractivity (Wildman–Crippen MR) is 65.6 cm³/mol. The van der Waals surface area contributed by atoms with Crippen molar-refractivity contribution in [3.8, 4) is 0 Å². The minimum Gasteiger partial charge on any atom is -0.384 e. The molecule has 3 nitrogen and oxygen atoms in total. The second kappa shape index (κ2) is 5.28. The molecule has 0 radical (unpaired) electrons. The van der Waals surface area contributed by atoms with Crippen molar-refractivity contribution in [3.63, 3.8) is 0 Å². The van der Waals surface area contributed by atoms with E-state index in [1.54, 1.807) is 6.07 Å². The van der Waals surface area contributed by atoms with Crippen LogP contribution in [0.25, 0.3) is 0 Å². The summed E-state index contributed by atoms with van der Waals surface area (Å²) >= 11 is 0. The number of nitrogens with one attached hydrogen (secondary N) is 1. The van der Waals surface area contributed by atoms with Crippen LogP contribution >= 0.6 is 0 Å². The third-order valence-corrected chi connectivity index (χ3v) is 2.31. The van der Waals surface area contributed by atoms with Crippen LogP contribution in [0.1, 0.15) is 11.3 Å². The number of benzene rings is 1. The van der Waals surface area contributed by atoms with Crippen molar-refractivity contribution < 1.29 is 0 Å². The van der Waals surface area contributed by atoms with Crippen molar-refractivity contribution in [2.24, 2.45) is 0 Å². The Bertz CT molecular complexity index is 440. The summed E-state index contributed by atoms with van der Waals surface area (Å²) in [6, 6.07) is 16.0. The Labute approximate surface area is 95.3 Å². The number of nitrogens with two attached hydrogens (primary N) is 1. The second-order valence-electron chi connectivity index (χ2n) is 3.64. The second-order valence-corrected chi connectivity index (χ2v) is 3.64. The topological polar surface area (TPSA) is 50.9 Å². The van der Waals surface area contributed by atoms with Gasteiger partial charge in [-0.3, -0.25) is 0 Å². The van der Waals surface area contributed by atoms with E-state index in [1.807, 2.05) is 30.3 Å². The molecule has 82 valence electrons. The largest absolute Gasteiger partial charge is 0.384 e. The van der Waals surface area contributed by atoms with E-state index in [0.29, 0.717) is 5.82 Å². The lowest BCUT2D eigenvalue weighted by molar-refractivity contribution is 0.680. The van der Waals surface area contributed by atoms with Crippen molar-refractivity contribution in [2.75, 3.05) is 5.73 Å². The van der Waals surface area contributed by atoms with E-state index < -0.39 is 0 Å². The van der Waals surface area contributed by atoms with E-state index in [4.69, 9.17) is 5.73 Å². The average molecular weight is 213 g/mol. The molecular weight excluding hydrogens is 198 g/mol. The first kappa shape index (κ1) is 10.6. The van der Waals surface area contributed by atoms with Gasteiger partial charge in [0.25, 0.3) is 0 Å². The van der Waals surface area contributed by atoms with Crippen LogP contribution in [0.3, 0.4) is 0 Å². The standard InChI is InChI=1S/C13H15N3/c14-13-8-4-7-12(16-13)10-15-9-11-5-2-1-3-6-11/h1-8,15H,9-10H2,(H2,14,16). The molecule has 2 aromatic rings. The highest BCUT2D eigenvalue weighted by Crippen LogP contribution is 2.01. The molecule has 1 aromatic heterocycles. The molecule has 0 unspecified atom stereocenters. The van der Waals surface area contributed by atoms with Gasteiger partial charge in [-0.2, -0.15) is 0 Å². The molecule has 0 saturated heterocycles. The van der Waals surface area contributed by atoms with Gasteiger partial charge >= 0.3 is 0 Å². The van der Waals surface area contributed by atoms with Crippen molar-refractivity contribution in [1.29, 1.82) is 0 Å². The molecule has 0 aliphatic heterocycles. The number of hydrogen-bond donors (Lipinski definition) is 2. The van der Waals surface area contributed by atoms with Gasteiger partial charge in [-0.1, -0.05) is 36.4 Å². The maximum Gasteiger partial charge on any atom is 0.123 e. The van der Waals surface area contributed by atoms with E-state index in [0.717, 1.165) is 18.8 Å². The Hall–Kier alpha value is -1.87. The Morgan fingerprint density at radius 2 is 1.75 bits per heavy atom. The van der Waals surface area contributed by atoms with Gasteiger partial charge in [-0.15, -0.1) is 0 Å². The highest BCUT2D eigenvalue weighted by atomic mass is 14.9. The zero-order chi connectivity index (χ0) is 11.2. The van der Waals surface area contributed by atoms with Crippen LogP contribution in [0.5, 0.6) is 0 Å². The third-order valence-electron chi connectivity index (χ3n) is 2.31. The number of rotatable bonds is 4. The van der Waals surface area contributed by atoms with E-state index >= 15 is 0 Å². The average Bonchev–Trinajstić information content (AvgIpc) is 2.30. The van der Waals surface area contributed by atoms with Crippen molar-refractivity contribution in [1.82, 2.24) is 10.3 Å². The van der Waals surface area contributed by atoms with Crippen LogP contribution in [-0.2, 0) is 13.1 Å². The van der Waals surface area contributed by atoms with Gasteiger partial charge in [-0.05, 0) is 17.7 Å². The normalized spacial score (nSPS) is 10.2. The molecule has 0 saturated carbocycles. The fourth-order valence-corrected chi connectivity index (χ4v) is 1.53. The molecule has 16 heavy (non-hydrogen) atoms. The van der Waals surface area contributed by atoms with Gasteiger partial charge in [0.05, 0.1) is 5.69 Å². The smallest absolute Gasteiger partial charge is 0.123 e. The Kier molecular flexibility index (Phi) is 3.51. The van der Waals surface area contributed by atoms with Crippen molar-refractivity contribution in [3.05, 3.63) is 59.8 Å². The van der Waals surface area contributed by atoms with Gasteiger partial charge in [0.2, 0.25) is 0 Å². The Morgan fingerprint density at radius 1 is 0.938 bits per heavy atom. The fraction of sp³-hybridized carbons (Fsp3) is 0.154. The zero-order valence-electron chi connectivity index (χ0n) is 9.06. The molecule has 0 amide bonds. The lowest BCUT2D eigenvalue weighted by Crippen LogP contribution is -2.13. The quantitative estimate of drug-likeness (QED) is 0.816. The molecule has 3 N–H and O–H groups in total. The SMILES string of the molecule is Nc1cccc(CNCc2ccccc2)n1. The first-order valence-electron chi connectivity index (χ1n) is 5.30. The van der Waals surface area contributed by atoms with Crippen LogP contribution in [0.15, 0.2) is 48.5 Å². The van der Waals surface area contributed by atoms with Gasteiger partial charge in [0.1, 0.15) is 5.82 Å². The molecule has 1 aromatic carbocycles. The molecule has 0 spiro atoms. The van der Waals surface area contributed by atoms with E-state index in [1.165, 1.54) is 5.56 Å². The number of nitrogen functional groups attached to an aromatic ring is 1. The summed E-state index contributed by atoms with van der Waals surface area (Å²) < 4.78 is 0. The first-order chi connectivity index (χ1) is 7.84. The van der Waals surface area contributed by atoms with Crippen LogP contribution in [0, 0.1) is 0 Å². The number of aromatic nitrogens is 1. The minimum absolute atomic E-state index is 0.569. The maximum atomic E-state index is 5.60. The number of pyridine rings is 1. The molecule has 0 atom stereocenters. The maximum absolute atomic E-state index is 5.60. The number of hydrogen-bond acceptors (Lipinski definition) is 3. The molecule has 0 aliphatic carbocycles. The summed E-state index contributed by atoms with van der Waals surface area (Å²) in [7, 11) is 0. The Morgan fingerprint density at radius 3 is 2.50 bits per heavy atom. The van der Waals surface area contributed by atoms with Gasteiger partial charge < -0.3 is 11.1 Å². The van der Waals surface area contributed by atoms with Crippen molar-refractivity contribution >= 4 is 5.82 Å². The first-order valence-corrected chi connectivity index (χ1v) is 5.30. The molecule has 0 fully saturated rings. The predicted octanol–water partition coefficient (Wildman–Crippen LogP) is 1.95. The summed E-state index contributed by atoms with van der Waals surface area (Å²) in [5.41, 5.74) is 7.84. The van der Waals surface area contributed by atoms with E-state index in [9.17, 15) is 0 Å². The Balaban J connectivity index is 1.85. The molecule has 0 aliphatic rings. The molecule has 3 heteroatoms. The molecular formula is C13H15N3. The van der Waals surface area contributed by atoms with Crippen molar-refractivity contribution in [2.45, 2.75) is 13.1 Å². The van der Waals surface area contributed by atoms with Crippen LogP contribution in [-0.4, -0.2) is 4.98 Å². The number of nitrogens with zero attached hydrogens (tertiary/aromatic N) is 1. The van der Waals surface area contributed by atoms with Gasteiger partial charge in [-0.25, -0.2) is 4.98 Å². The summed E-state index contributed by atoms with van der Waals surface area (Å²) in [4.78, 5) is 4.22. The highest BCUT2D eigenvalue weighted by molar-refractivity contribution is 5.28. The molecule has 0 bridgehead atoms. The highest BCUT2D eigenvalue weighted by Gasteiger charge is 1.95. The minimum atomic E-state index is 0.569. The van der Waals surface area contributed by atoms with Crippen LogP contribution in [0.4, 0.5) is 5.82 Å².